The van der Waals surface area contributed by atoms with Crippen LogP contribution >= 0.6 is 0 Å². The Morgan fingerprint density at radius 1 is 1.12 bits per heavy atom. The summed E-state index contributed by atoms with van der Waals surface area (Å²) in [6.07, 6.45) is -2.09. The minimum Gasteiger partial charge on any atom is -0.338 e. The third-order valence-electron chi connectivity index (χ3n) is 4.71. The molecule has 0 radical (unpaired) electrons. The van der Waals surface area contributed by atoms with Crippen molar-refractivity contribution in [2.24, 2.45) is 0 Å². The van der Waals surface area contributed by atoms with Gasteiger partial charge in [-0.25, -0.2) is 8.42 Å². The number of carbonyl (C=O) groups excluding carboxylic acids is 1. The van der Waals surface area contributed by atoms with E-state index in [2.05, 4.69) is 0 Å². The first kappa shape index (κ1) is 18.2. The third-order valence-corrected chi connectivity index (χ3v) is 6.57. The summed E-state index contributed by atoms with van der Waals surface area (Å²) in [5.74, 6) is 0.0170. The van der Waals surface area contributed by atoms with Gasteiger partial charge in [-0.15, -0.1) is 0 Å². The molecule has 9 heteroatoms. The van der Waals surface area contributed by atoms with Crippen molar-refractivity contribution in [2.75, 3.05) is 19.6 Å². The molecule has 138 valence electrons. The van der Waals surface area contributed by atoms with Crippen molar-refractivity contribution in [1.29, 1.82) is 0 Å². The van der Waals surface area contributed by atoms with Crippen molar-refractivity contribution in [3.63, 3.8) is 0 Å². The second-order valence-corrected chi connectivity index (χ2v) is 8.31. The Morgan fingerprint density at radius 2 is 1.88 bits per heavy atom. The van der Waals surface area contributed by atoms with E-state index in [1.165, 1.54) is 10.4 Å². The Labute approximate surface area is 144 Å². The predicted octanol–water partition coefficient (Wildman–Crippen LogP) is 2.48. The van der Waals surface area contributed by atoms with Gasteiger partial charge in [-0.05, 0) is 37.5 Å². The lowest BCUT2D eigenvalue weighted by Crippen LogP contribution is -2.50. The van der Waals surface area contributed by atoms with E-state index in [0.717, 1.165) is 18.6 Å². The molecule has 5 nitrogen and oxygen atoms in total. The zero-order chi connectivity index (χ0) is 18.2. The van der Waals surface area contributed by atoms with Gasteiger partial charge in [0.05, 0.1) is 10.5 Å². The van der Waals surface area contributed by atoms with E-state index >= 15 is 0 Å². The highest BCUT2D eigenvalue weighted by molar-refractivity contribution is 7.89. The number of sulfonamides is 1. The van der Waals surface area contributed by atoms with Crippen molar-refractivity contribution in [1.82, 2.24) is 9.21 Å². The van der Waals surface area contributed by atoms with Crippen molar-refractivity contribution >= 4 is 15.9 Å². The lowest BCUT2D eigenvalue weighted by molar-refractivity contribution is -0.137. The maximum Gasteiger partial charge on any atom is 0.416 e. The topological polar surface area (TPSA) is 57.7 Å². The van der Waals surface area contributed by atoms with Gasteiger partial charge in [0.25, 0.3) is 0 Å². The lowest BCUT2D eigenvalue weighted by Gasteiger charge is -2.36. The molecule has 1 unspecified atom stereocenters. The summed E-state index contributed by atoms with van der Waals surface area (Å²) >= 11 is 0. The predicted molar refractivity (Wildman–Crippen MR) is 84.2 cm³/mol. The maximum absolute atomic E-state index is 12.9. The number of piperidine rings is 1. The Balaban J connectivity index is 1.83. The number of rotatable bonds is 3. The first-order valence-electron chi connectivity index (χ1n) is 8.16. The third kappa shape index (κ3) is 3.67. The van der Waals surface area contributed by atoms with E-state index in [1.54, 1.807) is 4.90 Å². The highest BCUT2D eigenvalue weighted by Crippen LogP contribution is 2.32. The summed E-state index contributed by atoms with van der Waals surface area (Å²) in [4.78, 5) is 13.2. The summed E-state index contributed by atoms with van der Waals surface area (Å²) in [6.45, 7) is 0.988. The van der Waals surface area contributed by atoms with Gasteiger partial charge in [-0.2, -0.15) is 17.5 Å². The number of alkyl halides is 3. The summed E-state index contributed by atoms with van der Waals surface area (Å²) in [6, 6.07) is 3.58. The van der Waals surface area contributed by atoms with Crippen molar-refractivity contribution in [3.8, 4) is 0 Å². The smallest absolute Gasteiger partial charge is 0.338 e. The van der Waals surface area contributed by atoms with Crippen LogP contribution < -0.4 is 0 Å². The van der Waals surface area contributed by atoms with Gasteiger partial charge < -0.3 is 4.90 Å². The number of likely N-dealkylation sites (tertiary alicyclic amines) is 1. The van der Waals surface area contributed by atoms with Crippen LogP contribution in [-0.2, 0) is 21.0 Å². The number of amides is 1. The van der Waals surface area contributed by atoms with Gasteiger partial charge in [-0.1, -0.05) is 6.07 Å². The average Bonchev–Trinajstić information content (AvgIpc) is 3.00. The van der Waals surface area contributed by atoms with Gasteiger partial charge in [0.15, 0.2) is 0 Å². The fourth-order valence-corrected chi connectivity index (χ4v) is 4.99. The highest BCUT2D eigenvalue weighted by atomic mass is 32.2. The average molecular weight is 376 g/mol. The Morgan fingerprint density at radius 3 is 2.52 bits per heavy atom. The quantitative estimate of drug-likeness (QED) is 0.814. The second kappa shape index (κ2) is 6.60. The Bertz CT molecular complexity index is 764. The van der Waals surface area contributed by atoms with E-state index in [-0.39, 0.29) is 29.9 Å². The zero-order valence-corrected chi connectivity index (χ0v) is 14.3. The number of nitrogens with zero attached hydrogens (tertiary/aromatic N) is 2. The van der Waals surface area contributed by atoms with Gasteiger partial charge >= 0.3 is 6.18 Å². The Kier molecular flexibility index (Phi) is 4.80. The van der Waals surface area contributed by atoms with E-state index in [4.69, 9.17) is 0 Å². The molecule has 0 saturated carbocycles. The first-order valence-corrected chi connectivity index (χ1v) is 9.60. The van der Waals surface area contributed by atoms with Crippen LogP contribution in [-0.4, -0.2) is 49.2 Å². The Hall–Kier alpha value is -1.61. The van der Waals surface area contributed by atoms with Crippen LogP contribution in [0.25, 0.3) is 0 Å². The van der Waals surface area contributed by atoms with Crippen LogP contribution in [0.4, 0.5) is 13.2 Å². The van der Waals surface area contributed by atoms with Crippen LogP contribution in [0.1, 0.15) is 31.2 Å². The summed E-state index contributed by atoms with van der Waals surface area (Å²) in [5, 5.41) is 0. The fourth-order valence-electron chi connectivity index (χ4n) is 3.43. The van der Waals surface area contributed by atoms with Crippen molar-refractivity contribution in [2.45, 2.75) is 42.8 Å². The number of hydrogen-bond donors (Lipinski definition) is 0. The van der Waals surface area contributed by atoms with E-state index in [1.807, 2.05) is 0 Å². The van der Waals surface area contributed by atoms with E-state index in [0.29, 0.717) is 31.9 Å². The molecule has 0 bridgehead atoms. The lowest BCUT2D eigenvalue weighted by atomic mass is 10.1. The molecule has 2 heterocycles. The number of benzene rings is 1. The van der Waals surface area contributed by atoms with Gasteiger partial charge in [0.2, 0.25) is 15.9 Å². The molecule has 3 rings (SSSR count). The van der Waals surface area contributed by atoms with Crippen LogP contribution in [0.5, 0.6) is 0 Å². The van der Waals surface area contributed by atoms with Crippen LogP contribution in [0.3, 0.4) is 0 Å². The molecular formula is C16H19F3N2O3S. The molecule has 0 aromatic heterocycles. The van der Waals surface area contributed by atoms with Gasteiger partial charge in [-0.3, -0.25) is 4.79 Å². The highest BCUT2D eigenvalue weighted by Gasteiger charge is 2.37. The zero-order valence-electron chi connectivity index (χ0n) is 13.5. The maximum atomic E-state index is 12.9. The van der Waals surface area contributed by atoms with E-state index in [9.17, 15) is 26.4 Å². The monoisotopic (exact) mass is 376 g/mol. The normalized spacial score (nSPS) is 23.2. The molecule has 1 amide bonds. The van der Waals surface area contributed by atoms with Crippen LogP contribution in [0, 0.1) is 0 Å². The molecule has 0 aliphatic carbocycles. The van der Waals surface area contributed by atoms with Crippen LogP contribution in [0.15, 0.2) is 29.2 Å². The largest absolute Gasteiger partial charge is 0.416 e. The van der Waals surface area contributed by atoms with Crippen molar-refractivity contribution < 1.29 is 26.4 Å². The molecule has 0 spiro atoms. The number of halogens is 3. The molecule has 2 fully saturated rings. The molecular weight excluding hydrogens is 357 g/mol. The molecule has 1 atom stereocenters. The molecule has 0 N–H and O–H groups in total. The van der Waals surface area contributed by atoms with Crippen molar-refractivity contribution in [3.05, 3.63) is 29.8 Å². The van der Waals surface area contributed by atoms with Gasteiger partial charge in [0, 0.05) is 32.1 Å². The first-order chi connectivity index (χ1) is 11.7. The molecule has 25 heavy (non-hydrogen) atoms. The molecule has 2 aliphatic rings. The standard InChI is InChI=1S/C16H19F3N2O3S/c17-16(18,19)12-4-1-6-14(10-12)25(23,24)20-8-2-5-13(11-20)21-9-3-7-15(21)22/h1,4,6,10,13H,2-3,5,7-9,11H2. The van der Waals surface area contributed by atoms with E-state index < -0.39 is 21.8 Å². The number of hydrogen-bond acceptors (Lipinski definition) is 3. The summed E-state index contributed by atoms with van der Waals surface area (Å²) < 4.78 is 65.3. The summed E-state index contributed by atoms with van der Waals surface area (Å²) in [7, 11) is -4.03. The molecule has 1 aromatic carbocycles. The second-order valence-electron chi connectivity index (χ2n) is 6.38. The van der Waals surface area contributed by atoms with Gasteiger partial charge in [0.1, 0.15) is 0 Å². The minimum atomic E-state index is -4.60. The fraction of sp³-hybridized carbons (Fsp3) is 0.562. The molecule has 2 aliphatic heterocycles. The molecule has 2 saturated heterocycles. The summed E-state index contributed by atoms with van der Waals surface area (Å²) in [5.41, 5.74) is -0.989. The number of carbonyl (C=O) groups is 1. The molecule has 1 aromatic rings. The SMILES string of the molecule is O=C1CCCN1C1CCCN(S(=O)(=O)c2cccc(C(F)(F)F)c2)C1. The van der Waals surface area contributed by atoms with Crippen LogP contribution in [0.2, 0.25) is 0 Å². The minimum absolute atomic E-state index is 0.0170.